The van der Waals surface area contributed by atoms with Gasteiger partial charge in [-0.25, -0.2) is 0 Å². The Hall–Kier alpha value is -2.30. The van der Waals surface area contributed by atoms with E-state index >= 15 is 0 Å². The lowest BCUT2D eigenvalue weighted by atomic mass is 10.2. The highest BCUT2D eigenvalue weighted by molar-refractivity contribution is 6.35. The second kappa shape index (κ2) is 7.81. The first kappa shape index (κ1) is 17.1. The molecule has 2 rings (SSSR count). The normalized spacial score (nSPS) is 10.6. The molecule has 23 heavy (non-hydrogen) atoms. The molecule has 0 heterocycles. The van der Waals surface area contributed by atoms with Gasteiger partial charge in [0.05, 0.1) is 0 Å². The Morgan fingerprint density at radius 3 is 2.13 bits per heavy atom. The minimum absolute atomic E-state index is 0.149. The fourth-order valence-electron chi connectivity index (χ4n) is 1.83. The van der Waals surface area contributed by atoms with Gasteiger partial charge in [0, 0.05) is 34.4 Å². The number of carbonyl (C=O) groups is 2. The molecule has 0 aliphatic rings. The lowest BCUT2D eigenvalue weighted by Gasteiger charge is -2.05. The standard InChI is InChI=1S/C17H14Cl2N2O2/c1-11(22)20-14-5-7-15(8-6-14)21-17(23)9-3-12-2-4-13(18)10-16(12)19/h2-10H,1H3,(H,20,22)(H,21,23)/b9-3+. The van der Waals surface area contributed by atoms with Crippen molar-refractivity contribution in [2.45, 2.75) is 6.92 Å². The zero-order chi connectivity index (χ0) is 16.8. The van der Waals surface area contributed by atoms with Crippen molar-refractivity contribution >= 4 is 52.5 Å². The molecule has 0 saturated heterocycles. The lowest BCUT2D eigenvalue weighted by molar-refractivity contribution is -0.114. The Labute approximate surface area is 144 Å². The number of hydrogen-bond acceptors (Lipinski definition) is 2. The van der Waals surface area contributed by atoms with Gasteiger partial charge < -0.3 is 10.6 Å². The van der Waals surface area contributed by atoms with Crippen LogP contribution in [0.4, 0.5) is 11.4 Å². The van der Waals surface area contributed by atoms with Crippen molar-refractivity contribution < 1.29 is 9.59 Å². The maximum absolute atomic E-state index is 11.9. The van der Waals surface area contributed by atoms with Crippen LogP contribution in [0.1, 0.15) is 12.5 Å². The van der Waals surface area contributed by atoms with E-state index < -0.39 is 0 Å². The maximum atomic E-state index is 11.9. The summed E-state index contributed by atoms with van der Waals surface area (Å²) in [6, 6.07) is 11.9. The third-order valence-electron chi connectivity index (χ3n) is 2.85. The van der Waals surface area contributed by atoms with Gasteiger partial charge in [-0.05, 0) is 48.0 Å². The van der Waals surface area contributed by atoms with Gasteiger partial charge in [0.25, 0.3) is 0 Å². The summed E-state index contributed by atoms with van der Waals surface area (Å²) in [6.07, 6.45) is 3.00. The van der Waals surface area contributed by atoms with Crippen molar-refractivity contribution in [3.8, 4) is 0 Å². The highest BCUT2D eigenvalue weighted by Crippen LogP contribution is 2.22. The van der Waals surface area contributed by atoms with Crippen molar-refractivity contribution in [1.82, 2.24) is 0 Å². The van der Waals surface area contributed by atoms with Crippen LogP contribution in [0.2, 0.25) is 10.0 Å². The molecule has 0 radical (unpaired) electrons. The van der Waals surface area contributed by atoms with Crippen LogP contribution in [0.3, 0.4) is 0 Å². The Balaban J connectivity index is 1.98. The molecule has 2 amide bonds. The molecule has 0 unspecified atom stereocenters. The fraction of sp³-hybridized carbons (Fsp3) is 0.0588. The summed E-state index contributed by atoms with van der Waals surface area (Å²) in [5, 5.41) is 6.38. The fourth-order valence-corrected chi connectivity index (χ4v) is 2.30. The average Bonchev–Trinajstić information content (AvgIpc) is 2.48. The minimum Gasteiger partial charge on any atom is -0.326 e. The van der Waals surface area contributed by atoms with Crippen LogP contribution in [0.5, 0.6) is 0 Å². The van der Waals surface area contributed by atoms with Gasteiger partial charge in [-0.3, -0.25) is 9.59 Å². The molecule has 0 atom stereocenters. The number of halogens is 2. The second-order valence-corrected chi connectivity index (χ2v) is 5.59. The van der Waals surface area contributed by atoms with E-state index in [-0.39, 0.29) is 11.8 Å². The Kier molecular flexibility index (Phi) is 5.79. The molecule has 2 aromatic rings. The molecule has 0 aliphatic carbocycles. The van der Waals surface area contributed by atoms with E-state index in [1.807, 2.05) is 0 Å². The summed E-state index contributed by atoms with van der Waals surface area (Å²) in [6.45, 7) is 1.43. The number of anilines is 2. The summed E-state index contributed by atoms with van der Waals surface area (Å²) < 4.78 is 0. The first-order valence-corrected chi connectivity index (χ1v) is 7.51. The lowest BCUT2D eigenvalue weighted by Crippen LogP contribution is -2.08. The monoisotopic (exact) mass is 348 g/mol. The number of rotatable bonds is 4. The molecule has 4 nitrogen and oxygen atoms in total. The summed E-state index contributed by atoms with van der Waals surface area (Å²) in [4.78, 5) is 22.8. The number of amides is 2. The smallest absolute Gasteiger partial charge is 0.248 e. The molecule has 0 fully saturated rings. The molecule has 0 saturated carbocycles. The Morgan fingerprint density at radius 1 is 0.957 bits per heavy atom. The topological polar surface area (TPSA) is 58.2 Å². The van der Waals surface area contributed by atoms with Crippen molar-refractivity contribution in [2.24, 2.45) is 0 Å². The van der Waals surface area contributed by atoms with Crippen LogP contribution < -0.4 is 10.6 Å². The zero-order valence-electron chi connectivity index (χ0n) is 12.3. The minimum atomic E-state index is -0.289. The van der Waals surface area contributed by atoms with Crippen LogP contribution in [0.25, 0.3) is 6.08 Å². The highest BCUT2D eigenvalue weighted by Gasteiger charge is 2.01. The van der Waals surface area contributed by atoms with Gasteiger partial charge in [0.2, 0.25) is 11.8 Å². The molecule has 118 valence electrons. The molecular formula is C17H14Cl2N2O2. The van der Waals surface area contributed by atoms with Crippen LogP contribution >= 0.6 is 23.2 Å². The van der Waals surface area contributed by atoms with Crippen molar-refractivity contribution in [3.63, 3.8) is 0 Å². The van der Waals surface area contributed by atoms with Gasteiger partial charge in [-0.2, -0.15) is 0 Å². The van der Waals surface area contributed by atoms with Crippen LogP contribution in [0.15, 0.2) is 48.5 Å². The van der Waals surface area contributed by atoms with E-state index in [0.717, 1.165) is 0 Å². The van der Waals surface area contributed by atoms with Crippen molar-refractivity contribution in [2.75, 3.05) is 10.6 Å². The number of benzene rings is 2. The zero-order valence-corrected chi connectivity index (χ0v) is 13.8. The number of nitrogens with one attached hydrogen (secondary N) is 2. The van der Waals surface area contributed by atoms with Gasteiger partial charge in [0.1, 0.15) is 0 Å². The summed E-state index contributed by atoms with van der Waals surface area (Å²) in [7, 11) is 0. The van der Waals surface area contributed by atoms with E-state index in [1.165, 1.54) is 13.0 Å². The molecule has 2 aromatic carbocycles. The highest BCUT2D eigenvalue weighted by atomic mass is 35.5. The number of hydrogen-bond donors (Lipinski definition) is 2. The molecule has 2 N–H and O–H groups in total. The summed E-state index contributed by atoms with van der Waals surface area (Å²) in [5.74, 6) is -0.437. The molecule has 0 aromatic heterocycles. The van der Waals surface area contributed by atoms with Gasteiger partial charge in [-0.15, -0.1) is 0 Å². The van der Waals surface area contributed by atoms with E-state index in [9.17, 15) is 9.59 Å². The average molecular weight is 349 g/mol. The quantitative estimate of drug-likeness (QED) is 0.793. The predicted molar refractivity (Wildman–Crippen MR) is 94.9 cm³/mol. The van der Waals surface area contributed by atoms with Crippen LogP contribution in [-0.4, -0.2) is 11.8 Å². The van der Waals surface area contributed by atoms with Crippen LogP contribution in [0, 0.1) is 0 Å². The molecule has 6 heteroatoms. The van der Waals surface area contributed by atoms with E-state index in [1.54, 1.807) is 48.5 Å². The van der Waals surface area contributed by atoms with E-state index in [2.05, 4.69) is 10.6 Å². The molecule has 0 bridgehead atoms. The van der Waals surface area contributed by atoms with Gasteiger partial charge >= 0.3 is 0 Å². The maximum Gasteiger partial charge on any atom is 0.248 e. The van der Waals surface area contributed by atoms with E-state index in [0.29, 0.717) is 27.0 Å². The van der Waals surface area contributed by atoms with Crippen molar-refractivity contribution in [1.29, 1.82) is 0 Å². The first-order chi connectivity index (χ1) is 10.9. The third-order valence-corrected chi connectivity index (χ3v) is 3.41. The molecule has 0 aliphatic heterocycles. The number of carbonyl (C=O) groups excluding carboxylic acids is 2. The summed E-state index contributed by atoms with van der Waals surface area (Å²) in [5.41, 5.74) is 1.99. The van der Waals surface area contributed by atoms with Gasteiger partial charge in [-0.1, -0.05) is 29.3 Å². The second-order valence-electron chi connectivity index (χ2n) is 4.75. The third kappa shape index (κ3) is 5.43. The summed E-state index contributed by atoms with van der Waals surface area (Å²) >= 11 is 11.8. The van der Waals surface area contributed by atoms with Crippen LogP contribution in [-0.2, 0) is 9.59 Å². The largest absolute Gasteiger partial charge is 0.326 e. The SMILES string of the molecule is CC(=O)Nc1ccc(NC(=O)/C=C/c2ccc(Cl)cc2Cl)cc1. The molecular weight excluding hydrogens is 335 g/mol. The van der Waals surface area contributed by atoms with Crippen molar-refractivity contribution in [3.05, 3.63) is 64.1 Å². The Bertz CT molecular complexity index is 756. The molecule has 0 spiro atoms. The first-order valence-electron chi connectivity index (χ1n) is 6.76. The van der Waals surface area contributed by atoms with E-state index in [4.69, 9.17) is 23.2 Å². The Morgan fingerprint density at radius 2 is 1.57 bits per heavy atom. The van der Waals surface area contributed by atoms with Gasteiger partial charge in [0.15, 0.2) is 0 Å². The predicted octanol–water partition coefficient (Wildman–Crippen LogP) is 4.60.